The van der Waals surface area contributed by atoms with Gasteiger partial charge in [0.05, 0.1) is 25.4 Å². The van der Waals surface area contributed by atoms with Crippen LogP contribution in [0.25, 0.3) is 0 Å². The van der Waals surface area contributed by atoms with E-state index in [4.69, 9.17) is 19.9 Å². The summed E-state index contributed by atoms with van der Waals surface area (Å²) in [7, 11) is 0. The third-order valence-corrected chi connectivity index (χ3v) is 5.46. The number of rotatable bonds is 5. The van der Waals surface area contributed by atoms with Crippen LogP contribution in [0.15, 0.2) is 30.3 Å². The summed E-state index contributed by atoms with van der Waals surface area (Å²) in [5.74, 6) is -0.231. The fourth-order valence-electron chi connectivity index (χ4n) is 3.94. The fraction of sp³-hybridized carbons (Fsp3) is 0.667. The second-order valence-electron chi connectivity index (χ2n) is 7.58. The predicted molar refractivity (Wildman–Crippen MR) is 99.7 cm³/mol. The normalized spacial score (nSPS) is 31.1. The molecule has 2 aliphatic rings. The first-order valence-corrected chi connectivity index (χ1v) is 9.86. The number of hydrogen-bond acceptors (Lipinski definition) is 5. The Balaban J connectivity index is 1.71. The van der Waals surface area contributed by atoms with E-state index in [1.807, 2.05) is 13.0 Å². The van der Waals surface area contributed by atoms with Crippen LogP contribution >= 0.6 is 0 Å². The molecule has 144 valence electrons. The molecule has 0 radical (unpaired) electrons. The molecule has 0 bridgehead atoms. The van der Waals surface area contributed by atoms with E-state index in [1.165, 1.54) is 18.4 Å². The Labute approximate surface area is 156 Å². The largest absolute Gasteiger partial charge is 0.459 e. The molecule has 5 nitrogen and oxygen atoms in total. The lowest BCUT2D eigenvalue weighted by atomic mass is 9.91. The zero-order valence-corrected chi connectivity index (χ0v) is 15.6. The number of carbonyl (C=O) groups excluding carboxylic acids is 1. The second-order valence-corrected chi connectivity index (χ2v) is 7.58. The van der Waals surface area contributed by atoms with Crippen molar-refractivity contribution in [2.75, 3.05) is 13.2 Å². The molecule has 1 saturated heterocycles. The third-order valence-electron chi connectivity index (χ3n) is 5.46. The summed E-state index contributed by atoms with van der Waals surface area (Å²) in [5, 5.41) is 0. The van der Waals surface area contributed by atoms with Crippen molar-refractivity contribution in [3.63, 3.8) is 0 Å². The van der Waals surface area contributed by atoms with Gasteiger partial charge in [-0.25, -0.2) is 0 Å². The third kappa shape index (κ3) is 5.29. The SMILES string of the molecule is C[C@@H]1OC(=O)[C@@H](N)COC[C@H](CCc2ccccc2)[C@H]1OC1CCCC1. The van der Waals surface area contributed by atoms with Crippen LogP contribution in [0.2, 0.25) is 0 Å². The Morgan fingerprint density at radius 3 is 2.62 bits per heavy atom. The molecule has 26 heavy (non-hydrogen) atoms. The van der Waals surface area contributed by atoms with Crippen molar-refractivity contribution in [3.8, 4) is 0 Å². The van der Waals surface area contributed by atoms with Crippen molar-refractivity contribution in [2.24, 2.45) is 11.7 Å². The summed E-state index contributed by atoms with van der Waals surface area (Å²) in [4.78, 5) is 12.1. The number of benzene rings is 1. The first kappa shape index (κ1) is 19.3. The van der Waals surface area contributed by atoms with Gasteiger partial charge in [-0.1, -0.05) is 43.2 Å². The molecule has 0 spiro atoms. The minimum atomic E-state index is -0.725. The van der Waals surface area contributed by atoms with Gasteiger partial charge in [-0.3, -0.25) is 4.79 Å². The molecule has 1 aliphatic heterocycles. The molecule has 2 fully saturated rings. The maximum atomic E-state index is 12.1. The quantitative estimate of drug-likeness (QED) is 0.817. The summed E-state index contributed by atoms with van der Waals surface area (Å²) in [6.07, 6.45) is 6.25. The average Bonchev–Trinajstić information content (AvgIpc) is 3.16. The van der Waals surface area contributed by atoms with Gasteiger partial charge in [0.1, 0.15) is 12.1 Å². The highest BCUT2D eigenvalue weighted by Crippen LogP contribution is 2.29. The van der Waals surface area contributed by atoms with E-state index < -0.39 is 12.0 Å². The van der Waals surface area contributed by atoms with Gasteiger partial charge >= 0.3 is 5.97 Å². The smallest absolute Gasteiger partial charge is 0.325 e. The molecule has 1 aromatic rings. The van der Waals surface area contributed by atoms with Gasteiger partial charge in [0.2, 0.25) is 0 Å². The molecule has 0 aromatic heterocycles. The van der Waals surface area contributed by atoms with Crippen LogP contribution in [0.3, 0.4) is 0 Å². The summed E-state index contributed by atoms with van der Waals surface area (Å²) in [6.45, 7) is 2.66. The minimum Gasteiger partial charge on any atom is -0.459 e. The molecule has 5 heteroatoms. The summed E-state index contributed by atoms with van der Waals surface area (Å²) in [6, 6.07) is 9.71. The van der Waals surface area contributed by atoms with E-state index in [9.17, 15) is 4.79 Å². The Hall–Kier alpha value is -1.43. The molecular weight excluding hydrogens is 330 g/mol. The molecular formula is C21H31NO4. The molecule has 2 N–H and O–H groups in total. The van der Waals surface area contributed by atoms with Crippen molar-refractivity contribution < 1.29 is 19.0 Å². The predicted octanol–water partition coefficient (Wildman–Crippen LogP) is 2.85. The molecule has 3 rings (SSSR count). The van der Waals surface area contributed by atoms with E-state index in [-0.39, 0.29) is 30.8 Å². The van der Waals surface area contributed by atoms with E-state index in [1.54, 1.807) is 0 Å². The number of carbonyl (C=O) groups is 1. The maximum Gasteiger partial charge on any atom is 0.325 e. The first-order valence-electron chi connectivity index (χ1n) is 9.86. The molecule has 1 aliphatic carbocycles. The van der Waals surface area contributed by atoms with Crippen LogP contribution in [0, 0.1) is 5.92 Å². The van der Waals surface area contributed by atoms with E-state index >= 15 is 0 Å². The van der Waals surface area contributed by atoms with Crippen LogP contribution in [0.1, 0.15) is 44.6 Å². The standard InChI is InChI=1S/C21H31NO4/c1-15-20(26-18-9-5-6-10-18)17(12-11-16-7-3-2-4-8-16)13-24-14-19(22)21(23)25-15/h2-4,7-8,15,17-20H,5-6,9-14,22H2,1H3/t15-,17-,19-,20-/m0/s1. The Kier molecular flexibility index (Phi) is 7.06. The van der Waals surface area contributed by atoms with Crippen molar-refractivity contribution >= 4 is 5.97 Å². The zero-order valence-electron chi connectivity index (χ0n) is 15.6. The molecule has 0 amide bonds. The van der Waals surface area contributed by atoms with Crippen LogP contribution in [-0.2, 0) is 25.4 Å². The highest BCUT2D eigenvalue weighted by Gasteiger charge is 2.35. The average molecular weight is 361 g/mol. The van der Waals surface area contributed by atoms with Crippen molar-refractivity contribution in [1.82, 2.24) is 0 Å². The van der Waals surface area contributed by atoms with E-state index in [2.05, 4.69) is 24.3 Å². The Morgan fingerprint density at radius 1 is 1.15 bits per heavy atom. The van der Waals surface area contributed by atoms with E-state index in [0.29, 0.717) is 6.61 Å². The zero-order chi connectivity index (χ0) is 18.4. The van der Waals surface area contributed by atoms with Crippen molar-refractivity contribution in [3.05, 3.63) is 35.9 Å². The van der Waals surface area contributed by atoms with E-state index in [0.717, 1.165) is 25.7 Å². The lowest BCUT2D eigenvalue weighted by Gasteiger charge is -2.33. The van der Waals surface area contributed by atoms with Gasteiger partial charge in [-0.05, 0) is 38.2 Å². The van der Waals surface area contributed by atoms with Gasteiger partial charge < -0.3 is 19.9 Å². The number of aryl methyl sites for hydroxylation is 1. The lowest BCUT2D eigenvalue weighted by molar-refractivity contribution is -0.164. The van der Waals surface area contributed by atoms with Crippen molar-refractivity contribution in [1.29, 1.82) is 0 Å². The van der Waals surface area contributed by atoms with Crippen LogP contribution < -0.4 is 5.73 Å². The number of nitrogens with two attached hydrogens (primary N) is 1. The van der Waals surface area contributed by atoms with Crippen LogP contribution in [0.5, 0.6) is 0 Å². The molecule has 1 heterocycles. The molecule has 0 unspecified atom stereocenters. The highest BCUT2D eigenvalue weighted by atomic mass is 16.6. The summed E-state index contributed by atoms with van der Waals surface area (Å²) in [5.41, 5.74) is 7.16. The maximum absolute atomic E-state index is 12.1. The van der Waals surface area contributed by atoms with Crippen LogP contribution in [-0.4, -0.2) is 43.5 Å². The number of cyclic esters (lactones) is 1. The van der Waals surface area contributed by atoms with Crippen LogP contribution in [0.4, 0.5) is 0 Å². The number of esters is 1. The molecule has 1 saturated carbocycles. The van der Waals surface area contributed by atoms with Gasteiger partial charge in [0.15, 0.2) is 0 Å². The topological polar surface area (TPSA) is 70.8 Å². The van der Waals surface area contributed by atoms with Gasteiger partial charge in [0, 0.05) is 5.92 Å². The fourth-order valence-corrected chi connectivity index (χ4v) is 3.94. The summed E-state index contributed by atoms with van der Waals surface area (Å²) < 4.78 is 17.8. The molecule has 1 aromatic carbocycles. The van der Waals surface area contributed by atoms with Gasteiger partial charge in [0.25, 0.3) is 0 Å². The minimum absolute atomic E-state index is 0.156. The summed E-state index contributed by atoms with van der Waals surface area (Å²) >= 11 is 0. The van der Waals surface area contributed by atoms with Gasteiger partial charge in [-0.2, -0.15) is 0 Å². The van der Waals surface area contributed by atoms with Crippen molar-refractivity contribution in [2.45, 2.75) is 69.8 Å². The lowest BCUT2D eigenvalue weighted by Crippen LogP contribution is -2.42. The number of ether oxygens (including phenoxy) is 3. The monoisotopic (exact) mass is 361 g/mol. The highest BCUT2D eigenvalue weighted by molar-refractivity contribution is 5.75. The Bertz CT molecular complexity index is 558. The second kappa shape index (κ2) is 9.49. The Morgan fingerprint density at radius 2 is 1.88 bits per heavy atom. The molecule has 4 atom stereocenters. The number of hydrogen-bond donors (Lipinski definition) is 1. The van der Waals surface area contributed by atoms with Gasteiger partial charge in [-0.15, -0.1) is 0 Å². The first-order chi connectivity index (χ1) is 12.6.